The molecule has 0 bridgehead atoms. The van der Waals surface area contributed by atoms with Crippen LogP contribution in [-0.4, -0.2) is 26.0 Å². The summed E-state index contributed by atoms with van der Waals surface area (Å²) in [5.41, 5.74) is 0.272. The fraction of sp³-hybridized carbons (Fsp3) is 0.167. The van der Waals surface area contributed by atoms with Gasteiger partial charge in [-0.3, -0.25) is 9.69 Å². The molecule has 0 atom stereocenters. The van der Waals surface area contributed by atoms with Gasteiger partial charge in [-0.2, -0.15) is 0 Å². The van der Waals surface area contributed by atoms with Crippen LogP contribution in [0.15, 0.2) is 45.6 Å². The molecule has 2 aromatic heterocycles. The quantitative estimate of drug-likeness (QED) is 0.705. The molecule has 2 amide bonds. The summed E-state index contributed by atoms with van der Waals surface area (Å²) in [6, 6.07) is 9.68. The van der Waals surface area contributed by atoms with Crippen molar-refractivity contribution in [3.8, 4) is 5.75 Å². The van der Waals surface area contributed by atoms with Gasteiger partial charge in [-0.1, -0.05) is 0 Å². The first kappa shape index (κ1) is 17.7. The van der Waals surface area contributed by atoms with Gasteiger partial charge in [0.2, 0.25) is 0 Å². The van der Waals surface area contributed by atoms with Crippen molar-refractivity contribution in [2.45, 2.75) is 6.92 Å². The smallest absolute Gasteiger partial charge is 0.347 e. The number of ketones is 1. The topological polar surface area (TPSA) is 88.8 Å². The Balaban J connectivity index is 1.84. The minimum atomic E-state index is -0.681. The van der Waals surface area contributed by atoms with E-state index in [1.807, 2.05) is 0 Å². The van der Waals surface area contributed by atoms with Gasteiger partial charge in [0.1, 0.15) is 16.3 Å². The van der Waals surface area contributed by atoms with Crippen molar-refractivity contribution in [3.05, 3.63) is 52.4 Å². The second-order valence-corrected chi connectivity index (χ2v) is 6.60. The number of hydrogen-bond acceptors (Lipinski definition) is 6. The molecule has 1 N–H and O–H groups in total. The molecule has 0 fully saturated rings. The van der Waals surface area contributed by atoms with Gasteiger partial charge in [0.05, 0.1) is 11.8 Å². The second-order valence-electron chi connectivity index (χ2n) is 5.53. The van der Waals surface area contributed by atoms with E-state index in [1.54, 1.807) is 44.5 Å². The Morgan fingerprint density at radius 2 is 1.88 bits per heavy atom. The molecule has 0 spiro atoms. The third kappa shape index (κ3) is 3.45. The Bertz CT molecular complexity index is 1040. The number of amides is 2. The number of Topliss-reactive ketones (excluding diaryl/α,β-unsaturated/α-hetero) is 1. The first-order valence-corrected chi connectivity index (χ1v) is 8.48. The average molecular weight is 372 g/mol. The first-order valence-electron chi connectivity index (χ1n) is 7.66. The first-order chi connectivity index (χ1) is 12.4. The van der Waals surface area contributed by atoms with E-state index in [1.165, 1.54) is 29.2 Å². The van der Waals surface area contributed by atoms with Crippen LogP contribution in [-0.2, 0) is 0 Å². The SMILES string of the molecule is COc1ccc(NC(=O)N(C)c2cc3oc(=O)c(C(C)=O)cc3s2)cc1. The van der Waals surface area contributed by atoms with Crippen molar-refractivity contribution in [3.63, 3.8) is 0 Å². The van der Waals surface area contributed by atoms with Crippen molar-refractivity contribution in [1.82, 2.24) is 0 Å². The summed E-state index contributed by atoms with van der Waals surface area (Å²) >= 11 is 1.25. The molecule has 0 unspecified atom stereocenters. The van der Waals surface area contributed by atoms with Crippen molar-refractivity contribution >= 4 is 44.1 Å². The molecule has 26 heavy (non-hydrogen) atoms. The maximum absolute atomic E-state index is 12.4. The largest absolute Gasteiger partial charge is 0.497 e. The molecule has 0 saturated carbocycles. The van der Waals surface area contributed by atoms with Crippen LogP contribution in [0.2, 0.25) is 0 Å². The van der Waals surface area contributed by atoms with E-state index in [4.69, 9.17) is 9.15 Å². The number of nitrogens with zero attached hydrogens (tertiary/aromatic N) is 1. The number of benzene rings is 1. The highest BCUT2D eigenvalue weighted by atomic mass is 32.1. The van der Waals surface area contributed by atoms with E-state index in [0.29, 0.717) is 26.7 Å². The molecule has 2 heterocycles. The fourth-order valence-corrected chi connectivity index (χ4v) is 3.28. The van der Waals surface area contributed by atoms with Crippen LogP contribution in [0.25, 0.3) is 10.3 Å². The van der Waals surface area contributed by atoms with Crippen molar-refractivity contribution in [2.75, 3.05) is 24.4 Å². The van der Waals surface area contributed by atoms with Crippen molar-refractivity contribution in [1.29, 1.82) is 0 Å². The van der Waals surface area contributed by atoms with E-state index in [-0.39, 0.29) is 17.4 Å². The molecular weight excluding hydrogens is 356 g/mol. The van der Waals surface area contributed by atoms with E-state index in [2.05, 4.69) is 5.32 Å². The van der Waals surface area contributed by atoms with Crippen LogP contribution in [0.3, 0.4) is 0 Å². The van der Waals surface area contributed by atoms with Crippen LogP contribution < -0.4 is 20.6 Å². The van der Waals surface area contributed by atoms with Gasteiger partial charge in [-0.05, 0) is 37.3 Å². The number of urea groups is 1. The maximum Gasteiger partial charge on any atom is 0.347 e. The molecule has 0 saturated heterocycles. The molecule has 3 aromatic rings. The summed E-state index contributed by atoms with van der Waals surface area (Å²) in [7, 11) is 3.17. The second kappa shape index (κ2) is 7.01. The van der Waals surface area contributed by atoms with Crippen molar-refractivity contribution in [2.24, 2.45) is 0 Å². The number of ether oxygens (including phenoxy) is 1. The predicted octanol–water partition coefficient (Wildman–Crippen LogP) is 3.73. The molecule has 1 aromatic carbocycles. The number of nitrogens with one attached hydrogen (secondary N) is 1. The number of thiophene rings is 1. The highest BCUT2D eigenvalue weighted by Crippen LogP contribution is 2.32. The zero-order valence-electron chi connectivity index (χ0n) is 14.4. The standard InChI is InChI=1S/C18H16N2O5S/c1-10(21)13-8-15-14(25-17(13)22)9-16(26-15)20(2)18(23)19-11-4-6-12(24-3)7-5-11/h4-9H,1-3H3,(H,19,23). The summed E-state index contributed by atoms with van der Waals surface area (Å²) in [5, 5.41) is 3.35. The fourth-order valence-electron chi connectivity index (χ4n) is 2.29. The lowest BCUT2D eigenvalue weighted by Crippen LogP contribution is -2.30. The van der Waals surface area contributed by atoms with Gasteiger partial charge < -0.3 is 14.5 Å². The molecule has 134 valence electrons. The van der Waals surface area contributed by atoms with Crippen LogP contribution in [0.4, 0.5) is 15.5 Å². The van der Waals surface area contributed by atoms with Gasteiger partial charge in [0.25, 0.3) is 0 Å². The van der Waals surface area contributed by atoms with E-state index in [9.17, 15) is 14.4 Å². The molecule has 3 rings (SSSR count). The van der Waals surface area contributed by atoms with Crippen LogP contribution in [0.5, 0.6) is 5.75 Å². The molecule has 0 aliphatic carbocycles. The number of carbonyl (C=O) groups is 2. The van der Waals surface area contributed by atoms with Crippen molar-refractivity contribution < 1.29 is 18.7 Å². The minimum Gasteiger partial charge on any atom is -0.497 e. The highest BCUT2D eigenvalue weighted by Gasteiger charge is 2.17. The van der Waals surface area contributed by atoms with E-state index in [0.717, 1.165) is 0 Å². The van der Waals surface area contributed by atoms with Gasteiger partial charge in [-0.15, -0.1) is 11.3 Å². The Kier molecular flexibility index (Phi) is 4.77. The number of fused-ring (bicyclic) bond motifs is 1. The molecule has 7 nitrogen and oxygen atoms in total. The third-order valence-corrected chi connectivity index (χ3v) is 4.91. The van der Waals surface area contributed by atoms with Crippen LogP contribution in [0, 0.1) is 0 Å². The monoisotopic (exact) mass is 372 g/mol. The van der Waals surface area contributed by atoms with Crippen LogP contribution in [0.1, 0.15) is 17.3 Å². The normalized spacial score (nSPS) is 10.6. The zero-order valence-corrected chi connectivity index (χ0v) is 15.2. The molecule has 8 heteroatoms. The Labute approximate surface area is 152 Å². The van der Waals surface area contributed by atoms with Gasteiger partial charge in [-0.25, -0.2) is 9.59 Å². The van der Waals surface area contributed by atoms with Crippen LogP contribution >= 0.6 is 11.3 Å². The third-order valence-electron chi connectivity index (χ3n) is 3.77. The molecule has 0 aliphatic heterocycles. The number of rotatable bonds is 4. The lowest BCUT2D eigenvalue weighted by Gasteiger charge is -2.15. The number of carbonyl (C=O) groups excluding carboxylic acids is 2. The Morgan fingerprint density at radius 1 is 1.19 bits per heavy atom. The van der Waals surface area contributed by atoms with Gasteiger partial charge in [0, 0.05) is 18.8 Å². The summed E-state index contributed by atoms with van der Waals surface area (Å²) in [4.78, 5) is 37.1. The summed E-state index contributed by atoms with van der Waals surface area (Å²) in [5.74, 6) is 0.332. The van der Waals surface area contributed by atoms with Gasteiger partial charge in [0.15, 0.2) is 11.4 Å². The highest BCUT2D eigenvalue weighted by molar-refractivity contribution is 7.22. The zero-order chi connectivity index (χ0) is 18.8. The predicted molar refractivity (Wildman–Crippen MR) is 101 cm³/mol. The number of hydrogen-bond donors (Lipinski definition) is 1. The van der Waals surface area contributed by atoms with Gasteiger partial charge >= 0.3 is 11.7 Å². The van der Waals surface area contributed by atoms with E-state index >= 15 is 0 Å². The molecule has 0 aliphatic rings. The summed E-state index contributed by atoms with van der Waals surface area (Å²) in [6.07, 6.45) is 0. The Morgan fingerprint density at radius 3 is 2.50 bits per heavy atom. The number of methoxy groups -OCH3 is 1. The Hall–Kier alpha value is -3.13. The average Bonchev–Trinajstić information content (AvgIpc) is 3.03. The molecule has 0 radical (unpaired) electrons. The maximum atomic E-state index is 12.4. The molecular formula is C18H16N2O5S. The lowest BCUT2D eigenvalue weighted by atomic mass is 10.2. The lowest BCUT2D eigenvalue weighted by molar-refractivity contribution is 0.101. The summed E-state index contributed by atoms with van der Waals surface area (Å²) < 4.78 is 10.9. The summed E-state index contributed by atoms with van der Waals surface area (Å²) in [6.45, 7) is 1.31. The number of anilines is 2. The van der Waals surface area contributed by atoms with E-state index < -0.39 is 5.63 Å². The minimum absolute atomic E-state index is 0.00348.